The molecule has 1 unspecified atom stereocenters. The van der Waals surface area contributed by atoms with Gasteiger partial charge in [0.15, 0.2) is 0 Å². The van der Waals surface area contributed by atoms with Crippen molar-refractivity contribution in [1.82, 2.24) is 0 Å². The van der Waals surface area contributed by atoms with Gasteiger partial charge in [-0.25, -0.2) is 0 Å². The van der Waals surface area contributed by atoms with Gasteiger partial charge in [0.1, 0.15) is 18.1 Å². The van der Waals surface area contributed by atoms with Gasteiger partial charge in [0.2, 0.25) is 0 Å². The SMILES string of the molecule is C=C(C)CCO/C=C1\CCC(c2ccccc2)O1. The molecule has 0 amide bonds. The second-order valence-corrected chi connectivity index (χ2v) is 4.72. The molecule has 2 nitrogen and oxygen atoms in total. The van der Waals surface area contributed by atoms with Crippen LogP contribution in [-0.4, -0.2) is 6.61 Å². The Hall–Kier alpha value is -1.70. The lowest BCUT2D eigenvalue weighted by Crippen LogP contribution is -1.94. The normalized spacial score (nSPS) is 20.7. The van der Waals surface area contributed by atoms with Crippen molar-refractivity contribution in [3.05, 3.63) is 60.1 Å². The standard InChI is InChI=1S/C16H20O2/c1-13(2)10-11-17-12-15-8-9-16(18-15)14-6-4-3-5-7-14/h3-7,12,16H,1,8-11H2,2H3/b15-12+. The topological polar surface area (TPSA) is 18.5 Å². The van der Waals surface area contributed by atoms with Crippen LogP contribution in [0.3, 0.4) is 0 Å². The minimum absolute atomic E-state index is 0.183. The van der Waals surface area contributed by atoms with Crippen molar-refractivity contribution < 1.29 is 9.47 Å². The van der Waals surface area contributed by atoms with Gasteiger partial charge in [-0.1, -0.05) is 35.9 Å². The summed E-state index contributed by atoms with van der Waals surface area (Å²) in [6, 6.07) is 10.3. The van der Waals surface area contributed by atoms with Crippen LogP contribution in [0.1, 0.15) is 37.9 Å². The van der Waals surface area contributed by atoms with E-state index in [0.29, 0.717) is 6.61 Å². The van der Waals surface area contributed by atoms with Crippen molar-refractivity contribution in [2.75, 3.05) is 6.61 Å². The van der Waals surface area contributed by atoms with Gasteiger partial charge in [-0.15, -0.1) is 6.58 Å². The van der Waals surface area contributed by atoms with Crippen molar-refractivity contribution in [3.8, 4) is 0 Å². The van der Waals surface area contributed by atoms with E-state index in [2.05, 4.69) is 18.7 Å². The maximum Gasteiger partial charge on any atom is 0.131 e. The van der Waals surface area contributed by atoms with E-state index in [0.717, 1.165) is 30.6 Å². The molecule has 96 valence electrons. The minimum atomic E-state index is 0.183. The molecule has 18 heavy (non-hydrogen) atoms. The van der Waals surface area contributed by atoms with Gasteiger partial charge in [-0.05, 0) is 18.9 Å². The summed E-state index contributed by atoms with van der Waals surface area (Å²) in [5, 5.41) is 0. The first-order valence-corrected chi connectivity index (χ1v) is 6.42. The van der Waals surface area contributed by atoms with E-state index < -0.39 is 0 Å². The summed E-state index contributed by atoms with van der Waals surface area (Å²) >= 11 is 0. The highest BCUT2D eigenvalue weighted by Crippen LogP contribution is 2.34. The fourth-order valence-electron chi connectivity index (χ4n) is 1.95. The summed E-state index contributed by atoms with van der Waals surface area (Å²) in [7, 11) is 0. The molecule has 0 aromatic heterocycles. The summed E-state index contributed by atoms with van der Waals surface area (Å²) < 4.78 is 11.3. The van der Waals surface area contributed by atoms with Crippen LogP contribution in [0.2, 0.25) is 0 Å². The first kappa shape index (κ1) is 12.7. The Morgan fingerprint density at radius 2 is 2.22 bits per heavy atom. The molecular formula is C16H20O2. The quantitative estimate of drug-likeness (QED) is 0.435. The number of rotatable bonds is 5. The van der Waals surface area contributed by atoms with Crippen molar-refractivity contribution in [3.63, 3.8) is 0 Å². The number of ether oxygens (including phenoxy) is 2. The van der Waals surface area contributed by atoms with E-state index in [1.165, 1.54) is 5.56 Å². The van der Waals surface area contributed by atoms with Gasteiger partial charge in [0.05, 0.1) is 6.61 Å². The van der Waals surface area contributed by atoms with Crippen LogP contribution in [0.15, 0.2) is 54.5 Å². The Labute approximate surface area is 109 Å². The second-order valence-electron chi connectivity index (χ2n) is 4.72. The van der Waals surface area contributed by atoms with Gasteiger partial charge in [-0.3, -0.25) is 0 Å². The van der Waals surface area contributed by atoms with Crippen LogP contribution < -0.4 is 0 Å². The molecule has 1 aromatic rings. The van der Waals surface area contributed by atoms with Crippen molar-refractivity contribution in [2.45, 2.75) is 32.3 Å². The molecule has 1 aliphatic heterocycles. The smallest absolute Gasteiger partial charge is 0.131 e. The zero-order valence-electron chi connectivity index (χ0n) is 10.9. The average Bonchev–Trinajstić information content (AvgIpc) is 2.84. The number of allylic oxidation sites excluding steroid dienone is 1. The monoisotopic (exact) mass is 244 g/mol. The molecule has 2 heteroatoms. The Morgan fingerprint density at radius 3 is 2.94 bits per heavy atom. The first-order valence-electron chi connectivity index (χ1n) is 6.42. The van der Waals surface area contributed by atoms with E-state index in [1.807, 2.05) is 25.1 Å². The van der Waals surface area contributed by atoms with Crippen LogP contribution in [0.25, 0.3) is 0 Å². The van der Waals surface area contributed by atoms with Gasteiger partial charge < -0.3 is 9.47 Å². The molecular weight excluding hydrogens is 224 g/mol. The third-order valence-electron chi connectivity index (χ3n) is 2.98. The third-order valence-corrected chi connectivity index (χ3v) is 2.98. The lowest BCUT2D eigenvalue weighted by Gasteiger charge is -2.10. The van der Waals surface area contributed by atoms with E-state index in [-0.39, 0.29) is 6.10 Å². The van der Waals surface area contributed by atoms with E-state index in [9.17, 15) is 0 Å². The largest absolute Gasteiger partial charge is 0.497 e. The van der Waals surface area contributed by atoms with E-state index in [4.69, 9.17) is 9.47 Å². The summed E-state index contributed by atoms with van der Waals surface area (Å²) in [5.74, 6) is 0.950. The number of hydrogen-bond acceptors (Lipinski definition) is 2. The summed E-state index contributed by atoms with van der Waals surface area (Å²) in [5.41, 5.74) is 2.38. The molecule has 1 aliphatic rings. The molecule has 0 N–H and O–H groups in total. The number of benzene rings is 1. The van der Waals surface area contributed by atoms with Crippen LogP contribution in [0.4, 0.5) is 0 Å². The zero-order valence-corrected chi connectivity index (χ0v) is 10.9. The van der Waals surface area contributed by atoms with Gasteiger partial charge in [0.25, 0.3) is 0 Å². The Bertz CT molecular complexity index is 420. The van der Waals surface area contributed by atoms with Gasteiger partial charge >= 0.3 is 0 Å². The van der Waals surface area contributed by atoms with Crippen LogP contribution in [0.5, 0.6) is 0 Å². The molecule has 1 aromatic carbocycles. The van der Waals surface area contributed by atoms with Crippen molar-refractivity contribution in [1.29, 1.82) is 0 Å². The molecule has 1 heterocycles. The maximum atomic E-state index is 5.87. The highest BCUT2D eigenvalue weighted by atomic mass is 16.5. The fraction of sp³-hybridized carbons (Fsp3) is 0.375. The summed E-state index contributed by atoms with van der Waals surface area (Å²) in [4.78, 5) is 0. The highest BCUT2D eigenvalue weighted by Gasteiger charge is 2.22. The Kier molecular flexibility index (Phi) is 4.46. The lowest BCUT2D eigenvalue weighted by molar-refractivity contribution is 0.145. The zero-order chi connectivity index (χ0) is 12.8. The van der Waals surface area contributed by atoms with Crippen LogP contribution in [0, 0.1) is 0 Å². The lowest BCUT2D eigenvalue weighted by atomic mass is 10.1. The van der Waals surface area contributed by atoms with Crippen LogP contribution >= 0.6 is 0 Å². The maximum absolute atomic E-state index is 5.87. The average molecular weight is 244 g/mol. The molecule has 2 rings (SSSR count). The minimum Gasteiger partial charge on any atom is -0.497 e. The predicted molar refractivity (Wildman–Crippen MR) is 73.0 cm³/mol. The number of hydrogen-bond donors (Lipinski definition) is 0. The van der Waals surface area contributed by atoms with E-state index in [1.54, 1.807) is 6.26 Å². The molecule has 0 bridgehead atoms. The summed E-state index contributed by atoms with van der Waals surface area (Å²) in [6.07, 6.45) is 4.81. The van der Waals surface area contributed by atoms with Gasteiger partial charge in [0, 0.05) is 12.8 Å². The Morgan fingerprint density at radius 1 is 1.44 bits per heavy atom. The second kappa shape index (κ2) is 6.29. The molecule has 0 aliphatic carbocycles. The highest BCUT2D eigenvalue weighted by molar-refractivity contribution is 5.19. The van der Waals surface area contributed by atoms with Crippen LogP contribution in [-0.2, 0) is 9.47 Å². The fourth-order valence-corrected chi connectivity index (χ4v) is 1.95. The van der Waals surface area contributed by atoms with Crippen molar-refractivity contribution >= 4 is 0 Å². The molecule has 0 saturated carbocycles. The van der Waals surface area contributed by atoms with Crippen molar-refractivity contribution in [2.24, 2.45) is 0 Å². The molecule has 0 radical (unpaired) electrons. The predicted octanol–water partition coefficient (Wildman–Crippen LogP) is 4.36. The van der Waals surface area contributed by atoms with Gasteiger partial charge in [-0.2, -0.15) is 0 Å². The first-order chi connectivity index (χ1) is 8.75. The molecule has 0 spiro atoms. The Balaban J connectivity index is 1.81. The summed E-state index contributed by atoms with van der Waals surface area (Å²) in [6.45, 7) is 6.53. The molecule has 1 atom stereocenters. The van der Waals surface area contributed by atoms with E-state index >= 15 is 0 Å². The molecule has 1 saturated heterocycles. The molecule has 1 fully saturated rings. The third kappa shape index (κ3) is 3.66.